The molecule has 0 aromatic heterocycles. The number of nitrogens with one attached hydrogen (secondary N) is 1. The van der Waals surface area contributed by atoms with Gasteiger partial charge in [-0.05, 0) is 63.4 Å². The van der Waals surface area contributed by atoms with E-state index in [2.05, 4.69) is 21.2 Å². The van der Waals surface area contributed by atoms with Crippen molar-refractivity contribution in [1.82, 2.24) is 10.2 Å². The maximum Gasteiger partial charge on any atom is 0.261 e. The molecule has 2 aromatic rings. The molecule has 1 unspecified atom stereocenters. The zero-order valence-corrected chi connectivity index (χ0v) is 19.7. The summed E-state index contributed by atoms with van der Waals surface area (Å²) >= 11 is 3.38. The number of benzene rings is 2. The summed E-state index contributed by atoms with van der Waals surface area (Å²) in [4.78, 5) is 27.6. The lowest BCUT2D eigenvalue weighted by Crippen LogP contribution is -2.54. The fourth-order valence-electron chi connectivity index (χ4n) is 3.11. The van der Waals surface area contributed by atoms with Crippen molar-refractivity contribution >= 4 is 27.7 Å². The Morgan fingerprint density at radius 3 is 2.27 bits per heavy atom. The van der Waals surface area contributed by atoms with E-state index in [1.54, 1.807) is 17.0 Å². The summed E-state index contributed by atoms with van der Waals surface area (Å²) in [6.07, 6.45) is 1.20. The Bertz CT molecular complexity index is 817. The highest BCUT2D eigenvalue weighted by atomic mass is 79.9. The third-order valence-corrected chi connectivity index (χ3v) is 5.07. The van der Waals surface area contributed by atoms with Crippen LogP contribution in [0, 0.1) is 0 Å². The van der Waals surface area contributed by atoms with Crippen LogP contribution < -0.4 is 10.1 Å². The first kappa shape index (κ1) is 23.9. The van der Waals surface area contributed by atoms with Crippen molar-refractivity contribution in [3.05, 3.63) is 64.6 Å². The molecule has 0 saturated heterocycles. The second kappa shape index (κ2) is 11.2. The van der Waals surface area contributed by atoms with Gasteiger partial charge in [0.15, 0.2) is 6.61 Å². The molecule has 2 aromatic carbocycles. The second-order valence-corrected chi connectivity index (χ2v) is 9.14. The number of carbonyl (C=O) groups is 2. The van der Waals surface area contributed by atoms with Crippen molar-refractivity contribution < 1.29 is 14.3 Å². The van der Waals surface area contributed by atoms with Crippen LogP contribution in [0.5, 0.6) is 5.75 Å². The Balaban J connectivity index is 2.14. The average molecular weight is 475 g/mol. The van der Waals surface area contributed by atoms with Crippen molar-refractivity contribution in [3.63, 3.8) is 0 Å². The normalized spacial score (nSPS) is 12.2. The van der Waals surface area contributed by atoms with Crippen molar-refractivity contribution in [1.29, 1.82) is 0 Å². The van der Waals surface area contributed by atoms with Gasteiger partial charge in [-0.1, -0.05) is 53.2 Å². The first-order valence-electron chi connectivity index (χ1n) is 10.2. The molecule has 0 spiro atoms. The Morgan fingerprint density at radius 2 is 1.70 bits per heavy atom. The highest BCUT2D eigenvalue weighted by Gasteiger charge is 2.30. The first-order chi connectivity index (χ1) is 14.2. The van der Waals surface area contributed by atoms with E-state index in [4.69, 9.17) is 4.74 Å². The van der Waals surface area contributed by atoms with Crippen molar-refractivity contribution in [2.75, 3.05) is 13.2 Å². The zero-order chi connectivity index (χ0) is 22.1. The lowest BCUT2D eigenvalue weighted by atomic mass is 10.1. The van der Waals surface area contributed by atoms with Crippen LogP contribution in [-0.4, -0.2) is 41.4 Å². The van der Waals surface area contributed by atoms with Crippen LogP contribution in [0.15, 0.2) is 59.1 Å². The van der Waals surface area contributed by atoms with E-state index < -0.39 is 6.04 Å². The van der Waals surface area contributed by atoms with Gasteiger partial charge in [-0.25, -0.2) is 0 Å². The molecule has 6 heteroatoms. The number of carbonyl (C=O) groups excluding carboxylic acids is 2. The van der Waals surface area contributed by atoms with E-state index in [0.717, 1.165) is 10.0 Å². The third kappa shape index (κ3) is 7.82. The molecule has 0 saturated carbocycles. The number of hydrogen-bond donors (Lipinski definition) is 1. The quantitative estimate of drug-likeness (QED) is 0.577. The van der Waals surface area contributed by atoms with Crippen LogP contribution in [-0.2, 0) is 16.0 Å². The largest absolute Gasteiger partial charge is 0.484 e. The van der Waals surface area contributed by atoms with Crippen molar-refractivity contribution in [2.24, 2.45) is 0 Å². The molecule has 1 N–H and O–H groups in total. The van der Waals surface area contributed by atoms with E-state index in [1.807, 2.05) is 70.2 Å². The molecule has 0 aliphatic heterocycles. The van der Waals surface area contributed by atoms with Crippen LogP contribution in [0.3, 0.4) is 0 Å². The lowest BCUT2D eigenvalue weighted by Gasteiger charge is -2.33. The molecule has 5 nitrogen and oxygen atoms in total. The molecule has 162 valence electrons. The molecular weight excluding hydrogens is 444 g/mol. The van der Waals surface area contributed by atoms with Gasteiger partial charge in [0.05, 0.1) is 0 Å². The molecular formula is C24H31BrN2O3. The standard InChI is InChI=1S/C24H31BrN2O3/c1-5-21(23(29)26-24(2,3)4)27(16-15-18-9-7-6-8-10-18)22(28)17-30-20-13-11-19(25)12-14-20/h6-14,21H,5,15-17H2,1-4H3,(H,26,29). The topological polar surface area (TPSA) is 58.6 Å². The molecule has 0 aliphatic rings. The van der Waals surface area contributed by atoms with E-state index in [0.29, 0.717) is 25.1 Å². The van der Waals surface area contributed by atoms with E-state index in [-0.39, 0.29) is 24.0 Å². The average Bonchev–Trinajstić information content (AvgIpc) is 2.69. The Hall–Kier alpha value is -2.34. The van der Waals surface area contributed by atoms with Gasteiger partial charge in [0.2, 0.25) is 5.91 Å². The Kier molecular flexibility index (Phi) is 8.90. The minimum Gasteiger partial charge on any atom is -0.484 e. The molecule has 0 radical (unpaired) electrons. The number of amides is 2. The molecule has 0 fully saturated rings. The van der Waals surface area contributed by atoms with E-state index >= 15 is 0 Å². The summed E-state index contributed by atoms with van der Waals surface area (Å²) in [5.74, 6) is 0.265. The molecule has 1 atom stereocenters. The van der Waals surface area contributed by atoms with Crippen molar-refractivity contribution in [3.8, 4) is 5.75 Å². The predicted molar refractivity (Wildman–Crippen MR) is 123 cm³/mol. The van der Waals surface area contributed by atoms with Gasteiger partial charge in [0, 0.05) is 16.6 Å². The summed E-state index contributed by atoms with van der Waals surface area (Å²) in [6, 6.07) is 16.7. The van der Waals surface area contributed by atoms with Gasteiger partial charge in [0.25, 0.3) is 5.91 Å². The van der Waals surface area contributed by atoms with Crippen LogP contribution in [0.2, 0.25) is 0 Å². The highest BCUT2D eigenvalue weighted by Crippen LogP contribution is 2.17. The van der Waals surface area contributed by atoms with Crippen LogP contribution in [0.25, 0.3) is 0 Å². The summed E-state index contributed by atoms with van der Waals surface area (Å²) in [5.41, 5.74) is 0.752. The third-order valence-electron chi connectivity index (χ3n) is 4.54. The van der Waals surface area contributed by atoms with Crippen LogP contribution in [0.4, 0.5) is 0 Å². The van der Waals surface area contributed by atoms with Crippen LogP contribution in [0.1, 0.15) is 39.7 Å². The zero-order valence-electron chi connectivity index (χ0n) is 18.2. The summed E-state index contributed by atoms with van der Waals surface area (Å²) in [7, 11) is 0. The monoisotopic (exact) mass is 474 g/mol. The van der Waals surface area contributed by atoms with Crippen LogP contribution >= 0.6 is 15.9 Å². The van der Waals surface area contributed by atoms with Gasteiger partial charge in [-0.15, -0.1) is 0 Å². The maximum absolute atomic E-state index is 13.1. The van der Waals surface area contributed by atoms with Gasteiger partial charge in [-0.2, -0.15) is 0 Å². The van der Waals surface area contributed by atoms with Gasteiger partial charge in [-0.3, -0.25) is 9.59 Å². The summed E-state index contributed by atoms with van der Waals surface area (Å²) in [6.45, 7) is 8.06. The number of hydrogen-bond acceptors (Lipinski definition) is 3. The number of ether oxygens (including phenoxy) is 1. The van der Waals surface area contributed by atoms with E-state index in [1.165, 1.54) is 0 Å². The minimum absolute atomic E-state index is 0.115. The Morgan fingerprint density at radius 1 is 1.07 bits per heavy atom. The smallest absolute Gasteiger partial charge is 0.261 e. The summed E-state index contributed by atoms with van der Waals surface area (Å²) in [5, 5.41) is 3.00. The molecule has 0 aliphatic carbocycles. The number of rotatable bonds is 9. The summed E-state index contributed by atoms with van der Waals surface area (Å²) < 4.78 is 6.63. The van der Waals surface area contributed by atoms with E-state index in [9.17, 15) is 9.59 Å². The molecule has 2 rings (SSSR count). The first-order valence-corrected chi connectivity index (χ1v) is 11.0. The molecule has 0 bridgehead atoms. The second-order valence-electron chi connectivity index (χ2n) is 8.23. The van der Waals surface area contributed by atoms with Gasteiger partial charge in [0.1, 0.15) is 11.8 Å². The number of halogens is 1. The van der Waals surface area contributed by atoms with Gasteiger partial charge >= 0.3 is 0 Å². The van der Waals surface area contributed by atoms with Gasteiger partial charge < -0.3 is 15.0 Å². The fraction of sp³-hybridized carbons (Fsp3) is 0.417. The Labute approximate surface area is 187 Å². The van der Waals surface area contributed by atoms with Crippen molar-refractivity contribution in [2.45, 2.75) is 52.1 Å². The fourth-order valence-corrected chi connectivity index (χ4v) is 3.37. The lowest BCUT2D eigenvalue weighted by molar-refractivity contribution is -0.142. The maximum atomic E-state index is 13.1. The highest BCUT2D eigenvalue weighted by molar-refractivity contribution is 9.10. The molecule has 30 heavy (non-hydrogen) atoms. The minimum atomic E-state index is -0.547. The number of nitrogens with zero attached hydrogens (tertiary/aromatic N) is 1. The predicted octanol–water partition coefficient (Wildman–Crippen LogP) is 4.59. The molecule has 2 amide bonds. The SMILES string of the molecule is CCC(C(=O)NC(C)(C)C)N(CCc1ccccc1)C(=O)COc1ccc(Br)cc1. The molecule has 0 heterocycles.